The van der Waals surface area contributed by atoms with Crippen LogP contribution in [0.3, 0.4) is 0 Å². The van der Waals surface area contributed by atoms with Crippen LogP contribution in [0.5, 0.6) is 0 Å². The van der Waals surface area contributed by atoms with Gasteiger partial charge in [-0.05, 0) is 41.8 Å². The quantitative estimate of drug-likeness (QED) is 0.671. The van der Waals surface area contributed by atoms with Gasteiger partial charge >= 0.3 is 0 Å². The Labute approximate surface area is 181 Å². The zero-order chi connectivity index (χ0) is 21.6. The fourth-order valence-corrected chi connectivity index (χ4v) is 4.13. The highest BCUT2D eigenvalue weighted by atomic mass is 19.1. The Balaban J connectivity index is 1.52. The Morgan fingerprint density at radius 3 is 2.19 bits per heavy atom. The molecule has 1 aliphatic heterocycles. The highest BCUT2D eigenvalue weighted by molar-refractivity contribution is 5.94. The van der Waals surface area contributed by atoms with Crippen molar-refractivity contribution in [3.63, 3.8) is 0 Å². The van der Waals surface area contributed by atoms with Crippen molar-refractivity contribution in [2.24, 2.45) is 5.92 Å². The minimum absolute atomic E-state index is 0.0543. The van der Waals surface area contributed by atoms with E-state index in [1.54, 1.807) is 4.90 Å². The van der Waals surface area contributed by atoms with Gasteiger partial charge in [-0.3, -0.25) is 9.59 Å². The summed E-state index contributed by atoms with van der Waals surface area (Å²) in [5.74, 6) is -0.864. The molecule has 0 saturated carbocycles. The van der Waals surface area contributed by atoms with E-state index in [-0.39, 0.29) is 29.5 Å². The van der Waals surface area contributed by atoms with Crippen LogP contribution in [0.15, 0.2) is 84.9 Å². The monoisotopic (exact) mass is 416 g/mol. The minimum Gasteiger partial charge on any atom is -0.352 e. The van der Waals surface area contributed by atoms with Crippen LogP contribution < -0.4 is 5.32 Å². The summed E-state index contributed by atoms with van der Waals surface area (Å²) in [6.07, 6.45) is 0.678. The Hall–Kier alpha value is -3.47. The van der Waals surface area contributed by atoms with Gasteiger partial charge in [0.15, 0.2) is 0 Å². The number of nitrogens with zero attached hydrogens (tertiary/aromatic N) is 1. The lowest BCUT2D eigenvalue weighted by molar-refractivity contribution is -0.126. The predicted molar refractivity (Wildman–Crippen MR) is 118 cm³/mol. The molecule has 3 aromatic carbocycles. The van der Waals surface area contributed by atoms with Crippen molar-refractivity contribution >= 4 is 11.8 Å². The third-order valence-corrected chi connectivity index (χ3v) is 5.78. The molecule has 158 valence electrons. The molecular weight excluding hydrogens is 391 g/mol. The first kappa shape index (κ1) is 20.8. The zero-order valence-corrected chi connectivity index (χ0v) is 17.2. The van der Waals surface area contributed by atoms with Crippen molar-refractivity contribution in [1.29, 1.82) is 0 Å². The van der Waals surface area contributed by atoms with Gasteiger partial charge < -0.3 is 10.2 Å². The number of piperidine rings is 1. The fourth-order valence-electron chi connectivity index (χ4n) is 4.13. The lowest BCUT2D eigenvalue weighted by atomic mass is 9.83. The molecule has 2 amide bonds. The van der Waals surface area contributed by atoms with E-state index in [1.807, 2.05) is 60.7 Å². The molecule has 2 atom stereocenters. The summed E-state index contributed by atoms with van der Waals surface area (Å²) in [5.41, 5.74) is 2.57. The van der Waals surface area contributed by atoms with Gasteiger partial charge in [0.1, 0.15) is 5.82 Å². The second kappa shape index (κ2) is 9.56. The average molecular weight is 416 g/mol. The van der Waals surface area contributed by atoms with Crippen LogP contribution in [-0.2, 0) is 11.3 Å². The van der Waals surface area contributed by atoms with E-state index in [1.165, 1.54) is 24.3 Å². The molecule has 0 aliphatic carbocycles. The van der Waals surface area contributed by atoms with E-state index in [0.29, 0.717) is 31.6 Å². The van der Waals surface area contributed by atoms with Gasteiger partial charge in [-0.1, -0.05) is 60.7 Å². The van der Waals surface area contributed by atoms with Crippen LogP contribution in [0.25, 0.3) is 0 Å². The van der Waals surface area contributed by atoms with Gasteiger partial charge in [0.05, 0.1) is 5.92 Å². The molecule has 0 spiro atoms. The van der Waals surface area contributed by atoms with E-state index < -0.39 is 0 Å². The average Bonchev–Trinajstić information content (AvgIpc) is 2.83. The van der Waals surface area contributed by atoms with E-state index in [9.17, 15) is 14.0 Å². The maximum absolute atomic E-state index is 13.3. The smallest absolute Gasteiger partial charge is 0.253 e. The van der Waals surface area contributed by atoms with Crippen LogP contribution >= 0.6 is 0 Å². The molecule has 5 heteroatoms. The number of halogens is 1. The van der Waals surface area contributed by atoms with Crippen molar-refractivity contribution in [3.05, 3.63) is 107 Å². The molecule has 1 heterocycles. The molecule has 1 N–H and O–H groups in total. The first-order chi connectivity index (χ1) is 15.1. The molecular formula is C26H25FN2O2. The van der Waals surface area contributed by atoms with Gasteiger partial charge in [0.25, 0.3) is 5.91 Å². The van der Waals surface area contributed by atoms with Crippen molar-refractivity contribution in [1.82, 2.24) is 10.2 Å². The van der Waals surface area contributed by atoms with Gasteiger partial charge in [0, 0.05) is 31.1 Å². The highest BCUT2D eigenvalue weighted by Crippen LogP contribution is 2.31. The summed E-state index contributed by atoms with van der Waals surface area (Å²) in [5, 5.41) is 3.02. The Kier molecular flexibility index (Phi) is 6.41. The van der Waals surface area contributed by atoms with E-state index in [2.05, 4.69) is 5.32 Å². The number of amides is 2. The third-order valence-electron chi connectivity index (χ3n) is 5.78. The van der Waals surface area contributed by atoms with E-state index in [0.717, 1.165) is 11.1 Å². The molecule has 0 radical (unpaired) electrons. The van der Waals surface area contributed by atoms with Crippen LogP contribution in [0.4, 0.5) is 4.39 Å². The number of carbonyl (C=O) groups excluding carboxylic acids is 2. The summed E-state index contributed by atoms with van der Waals surface area (Å²) in [4.78, 5) is 27.8. The summed E-state index contributed by atoms with van der Waals surface area (Å²) >= 11 is 0. The molecule has 1 fully saturated rings. The van der Waals surface area contributed by atoms with Crippen LogP contribution in [0, 0.1) is 11.7 Å². The molecule has 3 aromatic rings. The second-order valence-electron chi connectivity index (χ2n) is 7.96. The summed E-state index contributed by atoms with van der Waals surface area (Å²) in [6, 6.07) is 25.3. The molecule has 0 unspecified atom stereocenters. The fraction of sp³-hybridized carbons (Fsp3) is 0.231. The second-order valence-corrected chi connectivity index (χ2v) is 7.96. The number of rotatable bonds is 5. The third kappa shape index (κ3) is 5.18. The summed E-state index contributed by atoms with van der Waals surface area (Å²) < 4.78 is 13.3. The maximum Gasteiger partial charge on any atom is 0.253 e. The zero-order valence-electron chi connectivity index (χ0n) is 17.2. The first-order valence-corrected chi connectivity index (χ1v) is 10.5. The van der Waals surface area contributed by atoms with E-state index >= 15 is 0 Å². The van der Waals surface area contributed by atoms with Crippen LogP contribution in [0.2, 0.25) is 0 Å². The normalized spacial score (nSPS) is 18.4. The van der Waals surface area contributed by atoms with Crippen molar-refractivity contribution in [2.45, 2.75) is 18.9 Å². The molecule has 1 saturated heterocycles. The number of hydrogen-bond donors (Lipinski definition) is 1. The highest BCUT2D eigenvalue weighted by Gasteiger charge is 2.34. The lowest BCUT2D eigenvalue weighted by Gasteiger charge is -2.37. The molecule has 0 aromatic heterocycles. The van der Waals surface area contributed by atoms with Gasteiger partial charge in [-0.15, -0.1) is 0 Å². The van der Waals surface area contributed by atoms with Crippen molar-refractivity contribution in [3.8, 4) is 0 Å². The number of likely N-dealkylation sites (tertiary alicyclic amines) is 1. The van der Waals surface area contributed by atoms with Crippen molar-refractivity contribution in [2.75, 3.05) is 13.1 Å². The SMILES string of the molecule is O=C(NCc1ccccc1)[C@@H]1C[C@H](c2ccccc2)CN(C(=O)c2ccc(F)cc2)C1. The van der Waals surface area contributed by atoms with Gasteiger partial charge in [-0.2, -0.15) is 0 Å². The maximum atomic E-state index is 13.3. The molecule has 0 bridgehead atoms. The standard InChI is InChI=1S/C26H25FN2O2/c27-24-13-11-21(12-14-24)26(31)29-17-22(20-9-5-2-6-10-20)15-23(18-29)25(30)28-16-19-7-3-1-4-8-19/h1-14,22-23H,15-18H2,(H,28,30)/t22-,23+/m0/s1. The molecule has 4 nitrogen and oxygen atoms in total. The largest absolute Gasteiger partial charge is 0.352 e. The first-order valence-electron chi connectivity index (χ1n) is 10.5. The Morgan fingerprint density at radius 2 is 1.52 bits per heavy atom. The van der Waals surface area contributed by atoms with Gasteiger partial charge in [0.2, 0.25) is 5.91 Å². The summed E-state index contributed by atoms with van der Waals surface area (Å²) in [7, 11) is 0. The summed E-state index contributed by atoms with van der Waals surface area (Å²) in [6.45, 7) is 1.33. The van der Waals surface area contributed by atoms with Crippen LogP contribution in [0.1, 0.15) is 33.8 Å². The number of carbonyl (C=O) groups is 2. The van der Waals surface area contributed by atoms with Crippen LogP contribution in [-0.4, -0.2) is 29.8 Å². The van der Waals surface area contributed by atoms with Crippen molar-refractivity contribution < 1.29 is 14.0 Å². The Bertz CT molecular complexity index is 1020. The molecule has 4 rings (SSSR count). The van der Waals surface area contributed by atoms with E-state index in [4.69, 9.17) is 0 Å². The lowest BCUT2D eigenvalue weighted by Crippen LogP contribution is -2.48. The predicted octanol–water partition coefficient (Wildman–Crippen LogP) is 4.39. The number of hydrogen-bond acceptors (Lipinski definition) is 2. The number of nitrogens with one attached hydrogen (secondary N) is 1. The molecule has 31 heavy (non-hydrogen) atoms. The molecule has 1 aliphatic rings. The minimum atomic E-state index is -0.379. The Morgan fingerprint density at radius 1 is 0.871 bits per heavy atom. The topological polar surface area (TPSA) is 49.4 Å². The number of benzene rings is 3. The van der Waals surface area contributed by atoms with Gasteiger partial charge in [-0.25, -0.2) is 4.39 Å².